The third-order valence-electron chi connectivity index (χ3n) is 3.45. The number of alkyl halides is 1. The van der Waals surface area contributed by atoms with Crippen molar-refractivity contribution in [3.05, 3.63) is 0 Å². The van der Waals surface area contributed by atoms with E-state index in [1.807, 2.05) is 6.07 Å². The smallest absolute Gasteiger partial charge is 0.133 e. The van der Waals surface area contributed by atoms with E-state index in [9.17, 15) is 5.11 Å². The van der Waals surface area contributed by atoms with Gasteiger partial charge in [-0.15, -0.1) is 11.6 Å². The molecule has 0 aromatic rings. The summed E-state index contributed by atoms with van der Waals surface area (Å²) in [4.78, 5) is 2.21. The Morgan fingerprint density at radius 2 is 2.29 bits per heavy atom. The zero-order chi connectivity index (χ0) is 10.1. The van der Waals surface area contributed by atoms with E-state index in [0.717, 1.165) is 25.9 Å². The lowest BCUT2D eigenvalue weighted by atomic mass is 10.00. The summed E-state index contributed by atoms with van der Waals surface area (Å²) in [7, 11) is 0. The van der Waals surface area contributed by atoms with Crippen LogP contribution in [0.4, 0.5) is 0 Å². The second-order valence-corrected chi connectivity index (χ2v) is 4.91. The molecule has 4 heteroatoms. The van der Waals surface area contributed by atoms with Crippen molar-refractivity contribution in [1.29, 1.82) is 5.26 Å². The van der Waals surface area contributed by atoms with Crippen molar-refractivity contribution in [2.75, 3.05) is 19.6 Å². The summed E-state index contributed by atoms with van der Waals surface area (Å²) in [6, 6.07) is 2.03. The second-order valence-electron chi connectivity index (χ2n) is 4.38. The highest BCUT2D eigenvalue weighted by Gasteiger charge is 2.41. The van der Waals surface area contributed by atoms with E-state index in [0.29, 0.717) is 18.4 Å². The van der Waals surface area contributed by atoms with Crippen molar-refractivity contribution in [2.45, 2.75) is 24.3 Å². The minimum absolute atomic E-state index is 0.124. The van der Waals surface area contributed by atoms with E-state index < -0.39 is 5.38 Å². The van der Waals surface area contributed by atoms with Crippen molar-refractivity contribution >= 4 is 11.6 Å². The fourth-order valence-corrected chi connectivity index (χ4v) is 2.94. The van der Waals surface area contributed by atoms with Crippen molar-refractivity contribution in [3.8, 4) is 6.07 Å². The number of fused-ring (bicyclic) bond motifs is 1. The molecule has 3 nitrogen and oxygen atoms in total. The maximum atomic E-state index is 9.68. The molecule has 1 saturated carbocycles. The van der Waals surface area contributed by atoms with Crippen LogP contribution >= 0.6 is 11.6 Å². The third kappa shape index (κ3) is 1.88. The standard InChI is InChI=1S/C10H15ClN2O/c11-8(3-12)5-13-4-7-1-2-10(14)9(7)6-13/h7-10,14H,1-2,4-6H2. The van der Waals surface area contributed by atoms with Gasteiger partial charge in [0.2, 0.25) is 0 Å². The molecule has 0 aromatic carbocycles. The van der Waals surface area contributed by atoms with Gasteiger partial charge in [-0.25, -0.2) is 0 Å². The fourth-order valence-electron chi connectivity index (χ4n) is 2.75. The molecule has 1 aliphatic heterocycles. The average Bonchev–Trinajstić information content (AvgIpc) is 2.69. The number of halogens is 1. The zero-order valence-corrected chi connectivity index (χ0v) is 8.82. The lowest BCUT2D eigenvalue weighted by Gasteiger charge is -2.17. The van der Waals surface area contributed by atoms with Crippen LogP contribution in [0.25, 0.3) is 0 Å². The molecule has 0 radical (unpaired) electrons. The van der Waals surface area contributed by atoms with Gasteiger partial charge in [0.25, 0.3) is 0 Å². The number of nitriles is 1. The van der Waals surface area contributed by atoms with E-state index in [4.69, 9.17) is 16.9 Å². The van der Waals surface area contributed by atoms with Crippen LogP contribution in [0.15, 0.2) is 0 Å². The van der Waals surface area contributed by atoms with Gasteiger partial charge in [-0.05, 0) is 18.8 Å². The Bertz CT molecular complexity index is 253. The van der Waals surface area contributed by atoms with Gasteiger partial charge >= 0.3 is 0 Å². The number of nitrogens with zero attached hydrogens (tertiary/aromatic N) is 2. The molecule has 2 aliphatic rings. The van der Waals surface area contributed by atoms with E-state index in [2.05, 4.69) is 4.90 Å². The topological polar surface area (TPSA) is 47.3 Å². The minimum Gasteiger partial charge on any atom is -0.393 e. The molecule has 1 heterocycles. The van der Waals surface area contributed by atoms with Gasteiger partial charge in [0, 0.05) is 25.6 Å². The molecule has 2 rings (SSSR count). The Labute approximate surface area is 89.3 Å². The SMILES string of the molecule is N#CC(Cl)CN1CC2CCC(O)C2C1. The molecule has 1 saturated heterocycles. The Balaban J connectivity index is 1.87. The summed E-state index contributed by atoms with van der Waals surface area (Å²) in [5, 5.41) is 17.9. The number of likely N-dealkylation sites (tertiary alicyclic amines) is 1. The maximum absolute atomic E-state index is 9.68. The monoisotopic (exact) mass is 214 g/mol. The first-order valence-corrected chi connectivity index (χ1v) is 5.58. The van der Waals surface area contributed by atoms with E-state index in [1.165, 1.54) is 0 Å². The Morgan fingerprint density at radius 3 is 2.93 bits per heavy atom. The lowest BCUT2D eigenvalue weighted by molar-refractivity contribution is 0.124. The van der Waals surface area contributed by atoms with Crippen molar-refractivity contribution in [2.24, 2.45) is 11.8 Å². The second kappa shape index (κ2) is 4.06. The van der Waals surface area contributed by atoms with Crippen LogP contribution in [0.1, 0.15) is 12.8 Å². The van der Waals surface area contributed by atoms with Gasteiger partial charge in [0.15, 0.2) is 0 Å². The molecular formula is C10H15ClN2O. The summed E-state index contributed by atoms with van der Waals surface area (Å²) < 4.78 is 0. The number of rotatable bonds is 2. The summed E-state index contributed by atoms with van der Waals surface area (Å²) in [6.07, 6.45) is 1.95. The number of aliphatic hydroxyl groups excluding tert-OH is 1. The number of hydrogen-bond acceptors (Lipinski definition) is 3. The predicted molar refractivity (Wildman–Crippen MR) is 53.9 cm³/mol. The molecule has 2 fully saturated rings. The van der Waals surface area contributed by atoms with Crippen molar-refractivity contribution in [1.82, 2.24) is 4.90 Å². The van der Waals surface area contributed by atoms with Crippen LogP contribution in [0.3, 0.4) is 0 Å². The van der Waals surface area contributed by atoms with E-state index in [-0.39, 0.29) is 6.10 Å². The van der Waals surface area contributed by atoms with Crippen LogP contribution in [0, 0.1) is 23.2 Å². The quantitative estimate of drug-likeness (QED) is 0.693. The molecule has 4 atom stereocenters. The van der Waals surface area contributed by atoms with Gasteiger partial charge in [-0.2, -0.15) is 5.26 Å². The van der Waals surface area contributed by atoms with E-state index in [1.54, 1.807) is 0 Å². The fraction of sp³-hybridized carbons (Fsp3) is 0.900. The Kier molecular flexibility index (Phi) is 2.96. The van der Waals surface area contributed by atoms with Crippen LogP contribution in [0.2, 0.25) is 0 Å². The van der Waals surface area contributed by atoms with Crippen LogP contribution < -0.4 is 0 Å². The van der Waals surface area contributed by atoms with Gasteiger partial charge in [-0.3, -0.25) is 0 Å². The molecule has 1 aliphatic carbocycles. The molecule has 0 amide bonds. The molecular weight excluding hydrogens is 200 g/mol. The van der Waals surface area contributed by atoms with Gasteiger partial charge in [0.05, 0.1) is 12.2 Å². The van der Waals surface area contributed by atoms with Crippen LogP contribution in [-0.2, 0) is 0 Å². The average molecular weight is 215 g/mol. The van der Waals surface area contributed by atoms with Crippen LogP contribution in [-0.4, -0.2) is 41.1 Å². The largest absolute Gasteiger partial charge is 0.393 e. The number of hydrogen-bond donors (Lipinski definition) is 1. The van der Waals surface area contributed by atoms with E-state index >= 15 is 0 Å². The highest BCUT2D eigenvalue weighted by Crippen LogP contribution is 2.38. The van der Waals surface area contributed by atoms with Gasteiger partial charge in [-0.1, -0.05) is 0 Å². The summed E-state index contributed by atoms with van der Waals surface area (Å²) in [5.41, 5.74) is 0. The van der Waals surface area contributed by atoms with Crippen LogP contribution in [0.5, 0.6) is 0 Å². The molecule has 0 spiro atoms. The molecule has 4 unspecified atom stereocenters. The Hall–Kier alpha value is -0.300. The van der Waals surface area contributed by atoms with Crippen molar-refractivity contribution in [3.63, 3.8) is 0 Å². The van der Waals surface area contributed by atoms with Gasteiger partial charge in [0.1, 0.15) is 5.38 Å². The van der Waals surface area contributed by atoms with Gasteiger partial charge < -0.3 is 10.0 Å². The first kappa shape index (κ1) is 10.2. The highest BCUT2D eigenvalue weighted by atomic mass is 35.5. The van der Waals surface area contributed by atoms with Crippen molar-refractivity contribution < 1.29 is 5.11 Å². The molecule has 1 N–H and O–H groups in total. The first-order valence-electron chi connectivity index (χ1n) is 5.15. The predicted octanol–water partition coefficient (Wildman–Crippen LogP) is 0.820. The first-order chi connectivity index (χ1) is 6.70. The Morgan fingerprint density at radius 1 is 1.50 bits per heavy atom. The maximum Gasteiger partial charge on any atom is 0.133 e. The zero-order valence-electron chi connectivity index (χ0n) is 8.06. The normalized spacial score (nSPS) is 39.4. The molecule has 78 valence electrons. The number of aliphatic hydroxyl groups is 1. The molecule has 0 bridgehead atoms. The highest BCUT2D eigenvalue weighted by molar-refractivity contribution is 6.22. The summed E-state index contributed by atoms with van der Waals surface area (Å²) in [6.45, 7) is 2.56. The molecule has 0 aromatic heterocycles. The molecule has 14 heavy (non-hydrogen) atoms. The summed E-state index contributed by atoms with van der Waals surface area (Å²) in [5.74, 6) is 1.06. The lowest BCUT2D eigenvalue weighted by Crippen LogP contribution is -2.29. The minimum atomic E-state index is -0.411. The summed E-state index contributed by atoms with van der Waals surface area (Å²) >= 11 is 5.77. The third-order valence-corrected chi connectivity index (χ3v) is 3.69.